The van der Waals surface area contributed by atoms with Gasteiger partial charge in [0.15, 0.2) is 11.8 Å². The van der Waals surface area contributed by atoms with E-state index in [2.05, 4.69) is 14.8 Å². The third-order valence-corrected chi connectivity index (χ3v) is 7.09. The third kappa shape index (κ3) is 2.54. The van der Waals surface area contributed by atoms with E-state index in [1.807, 2.05) is 17.0 Å². The molecule has 28 heavy (non-hydrogen) atoms. The van der Waals surface area contributed by atoms with Gasteiger partial charge in [0.05, 0.1) is 23.4 Å². The van der Waals surface area contributed by atoms with Crippen LogP contribution in [0.1, 0.15) is 23.2 Å². The first-order valence-electron chi connectivity index (χ1n) is 8.75. The largest absolute Gasteiger partial charge is 0.447 e. The number of piperidine rings is 1. The Labute approximate surface area is 168 Å². The highest BCUT2D eigenvalue weighted by atomic mass is 32.2. The summed E-state index contributed by atoms with van der Waals surface area (Å²) in [5.74, 6) is -1.18. The van der Waals surface area contributed by atoms with Crippen molar-refractivity contribution in [2.75, 3.05) is 13.1 Å². The summed E-state index contributed by atoms with van der Waals surface area (Å²) in [4.78, 5) is 25.9. The quantitative estimate of drug-likeness (QED) is 0.419. The summed E-state index contributed by atoms with van der Waals surface area (Å²) in [6.45, 7) is 1.45. The fourth-order valence-electron chi connectivity index (χ4n) is 4.13. The molecule has 0 N–H and O–H groups in total. The van der Waals surface area contributed by atoms with E-state index in [1.54, 1.807) is 12.1 Å². The maximum Gasteiger partial charge on any atom is 0.419 e. The molecule has 0 aliphatic carbocycles. The predicted octanol–water partition coefficient (Wildman–Crippen LogP) is 1.66. The van der Waals surface area contributed by atoms with Gasteiger partial charge in [-0.2, -0.15) is 14.0 Å². The SMILES string of the molecule is N#Cc1ccc(CSc2nsnc2C23OC(=O)C(=O)OC2C2CCN3C2)cc1. The van der Waals surface area contributed by atoms with Gasteiger partial charge in [0.2, 0.25) is 0 Å². The Morgan fingerprint density at radius 2 is 2.11 bits per heavy atom. The van der Waals surface area contributed by atoms with E-state index < -0.39 is 23.8 Å². The summed E-state index contributed by atoms with van der Waals surface area (Å²) < 4.78 is 20.0. The molecule has 4 unspecified atom stereocenters. The third-order valence-electron chi connectivity index (χ3n) is 5.41. The molecule has 142 valence electrons. The lowest BCUT2D eigenvalue weighted by Crippen LogP contribution is -2.60. The molecule has 0 saturated carbocycles. The smallest absolute Gasteiger partial charge is 0.419 e. The minimum atomic E-state index is -1.17. The van der Waals surface area contributed by atoms with Crippen molar-refractivity contribution in [3.63, 3.8) is 0 Å². The van der Waals surface area contributed by atoms with Crippen molar-refractivity contribution in [1.82, 2.24) is 13.6 Å². The van der Waals surface area contributed by atoms with Gasteiger partial charge in [-0.1, -0.05) is 23.9 Å². The number of aromatic nitrogens is 2. The number of carbonyl (C=O) groups excluding carboxylic acids is 2. The number of ether oxygens (including phenoxy) is 2. The van der Waals surface area contributed by atoms with Crippen LogP contribution in [0.4, 0.5) is 0 Å². The summed E-state index contributed by atoms with van der Waals surface area (Å²) in [6, 6.07) is 9.44. The molecular weight excluding hydrogens is 400 g/mol. The van der Waals surface area contributed by atoms with Gasteiger partial charge in [-0.05, 0) is 24.1 Å². The van der Waals surface area contributed by atoms with E-state index in [4.69, 9.17) is 14.7 Å². The molecule has 5 rings (SSSR count). The van der Waals surface area contributed by atoms with E-state index in [9.17, 15) is 9.59 Å². The van der Waals surface area contributed by atoms with Crippen molar-refractivity contribution >= 4 is 35.4 Å². The van der Waals surface area contributed by atoms with Crippen LogP contribution in [0, 0.1) is 17.2 Å². The average molecular weight is 414 g/mol. The molecule has 0 spiro atoms. The van der Waals surface area contributed by atoms with Crippen LogP contribution in [0.25, 0.3) is 0 Å². The fourth-order valence-corrected chi connectivity index (χ4v) is 5.83. The van der Waals surface area contributed by atoms with Gasteiger partial charge < -0.3 is 9.47 Å². The highest BCUT2D eigenvalue weighted by molar-refractivity contribution is 7.98. The molecule has 4 atom stereocenters. The van der Waals surface area contributed by atoms with Gasteiger partial charge >= 0.3 is 11.9 Å². The highest BCUT2D eigenvalue weighted by Gasteiger charge is 2.68. The minimum Gasteiger partial charge on any atom is -0.447 e. The predicted molar refractivity (Wildman–Crippen MR) is 98.0 cm³/mol. The van der Waals surface area contributed by atoms with Gasteiger partial charge in [-0.3, -0.25) is 4.90 Å². The summed E-state index contributed by atoms with van der Waals surface area (Å²) in [5.41, 5.74) is 1.02. The van der Waals surface area contributed by atoms with Crippen LogP contribution in [0.2, 0.25) is 0 Å². The van der Waals surface area contributed by atoms with Crippen molar-refractivity contribution in [2.24, 2.45) is 5.92 Å². The summed E-state index contributed by atoms with van der Waals surface area (Å²) in [7, 11) is 0. The Balaban J connectivity index is 1.45. The Morgan fingerprint density at radius 3 is 2.89 bits per heavy atom. The number of carbonyl (C=O) groups is 2. The molecule has 1 aromatic carbocycles. The molecule has 1 aromatic heterocycles. The van der Waals surface area contributed by atoms with E-state index in [0.29, 0.717) is 28.6 Å². The molecule has 3 aliphatic heterocycles. The van der Waals surface area contributed by atoms with Crippen molar-refractivity contribution in [3.05, 3.63) is 41.1 Å². The van der Waals surface area contributed by atoms with Crippen LogP contribution < -0.4 is 0 Å². The topological polar surface area (TPSA) is 105 Å². The molecular formula is C18H14N4O4S2. The van der Waals surface area contributed by atoms with E-state index in [1.165, 1.54) is 11.8 Å². The lowest BCUT2D eigenvalue weighted by atomic mass is 9.90. The number of esters is 2. The molecule has 3 fully saturated rings. The van der Waals surface area contributed by atoms with Gasteiger partial charge in [-0.25, -0.2) is 9.59 Å². The lowest BCUT2D eigenvalue weighted by Gasteiger charge is -2.44. The second-order valence-corrected chi connectivity index (χ2v) is 8.41. The number of hydrogen-bond donors (Lipinski definition) is 0. The van der Waals surface area contributed by atoms with Gasteiger partial charge in [0.1, 0.15) is 5.03 Å². The molecule has 0 radical (unpaired) electrons. The molecule has 10 heteroatoms. The molecule has 3 saturated heterocycles. The van der Waals surface area contributed by atoms with Crippen LogP contribution in [0.15, 0.2) is 29.3 Å². The second-order valence-electron chi connectivity index (χ2n) is 6.92. The van der Waals surface area contributed by atoms with Gasteiger partial charge in [-0.15, -0.1) is 0 Å². The first kappa shape index (κ1) is 17.6. The average Bonchev–Trinajstić information content (AvgIpc) is 3.43. The zero-order valence-electron chi connectivity index (χ0n) is 14.5. The number of rotatable bonds is 4. The van der Waals surface area contributed by atoms with Gasteiger partial charge in [0.25, 0.3) is 5.72 Å². The molecule has 2 aromatic rings. The normalized spacial score (nSPS) is 30.5. The number of nitrogens with zero attached hydrogens (tertiary/aromatic N) is 4. The summed E-state index contributed by atoms with van der Waals surface area (Å²) in [5, 5.41) is 9.58. The van der Waals surface area contributed by atoms with Crippen molar-refractivity contribution in [1.29, 1.82) is 5.26 Å². The zero-order chi connectivity index (χ0) is 19.3. The van der Waals surface area contributed by atoms with Crippen LogP contribution in [-0.2, 0) is 30.5 Å². The van der Waals surface area contributed by atoms with E-state index in [0.717, 1.165) is 30.3 Å². The number of benzene rings is 1. The maximum absolute atomic E-state index is 12.1. The Kier molecular flexibility index (Phi) is 4.12. The van der Waals surface area contributed by atoms with Gasteiger partial charge in [0, 0.05) is 24.8 Å². The number of hydrogen-bond acceptors (Lipinski definition) is 10. The standard InChI is InChI=1S/C18H14N4O4S2/c19-7-10-1-3-11(4-2-10)9-27-15-13(20-28-21-15)18-14(12-5-6-22(18)8-12)25-16(23)17(24)26-18/h1-4,12,14H,5-6,8-9H2. The van der Waals surface area contributed by atoms with Crippen molar-refractivity contribution < 1.29 is 19.1 Å². The van der Waals surface area contributed by atoms with E-state index >= 15 is 0 Å². The van der Waals surface area contributed by atoms with Crippen LogP contribution >= 0.6 is 23.5 Å². The molecule has 8 nitrogen and oxygen atoms in total. The first-order valence-corrected chi connectivity index (χ1v) is 10.5. The number of nitriles is 1. The monoisotopic (exact) mass is 414 g/mol. The number of fused-ring (bicyclic) bond motifs is 5. The highest BCUT2D eigenvalue weighted by Crippen LogP contribution is 2.52. The number of thioether (sulfide) groups is 1. The van der Waals surface area contributed by atoms with Crippen molar-refractivity contribution in [2.45, 2.75) is 29.0 Å². The van der Waals surface area contributed by atoms with Crippen LogP contribution in [-0.4, -0.2) is 44.8 Å². The lowest BCUT2D eigenvalue weighted by molar-refractivity contribution is -0.246. The maximum atomic E-state index is 12.1. The van der Waals surface area contributed by atoms with Crippen LogP contribution in [0.5, 0.6) is 0 Å². The molecule has 4 heterocycles. The first-order chi connectivity index (χ1) is 13.6. The Bertz CT molecular complexity index is 1000. The molecule has 3 aliphatic rings. The summed E-state index contributed by atoms with van der Waals surface area (Å²) in [6.07, 6.45) is 0.340. The van der Waals surface area contributed by atoms with E-state index in [-0.39, 0.29) is 5.92 Å². The van der Waals surface area contributed by atoms with Crippen molar-refractivity contribution in [3.8, 4) is 6.07 Å². The Morgan fingerprint density at radius 1 is 1.29 bits per heavy atom. The second kappa shape index (κ2) is 6.55. The fraction of sp³-hybridized carbons (Fsp3) is 0.389. The minimum absolute atomic E-state index is 0.120. The summed E-state index contributed by atoms with van der Waals surface area (Å²) >= 11 is 2.53. The Hall–Kier alpha value is -2.48. The van der Waals surface area contributed by atoms with Crippen LogP contribution in [0.3, 0.4) is 0 Å². The molecule has 2 bridgehead atoms. The zero-order valence-corrected chi connectivity index (χ0v) is 16.2. The molecule has 0 amide bonds.